The molecule has 11 heteroatoms. The van der Waals surface area contributed by atoms with Gasteiger partial charge in [-0.1, -0.05) is 54.6 Å². The van der Waals surface area contributed by atoms with Crippen LogP contribution in [0.2, 0.25) is 0 Å². The summed E-state index contributed by atoms with van der Waals surface area (Å²) in [7, 11) is 0. The predicted octanol–water partition coefficient (Wildman–Crippen LogP) is 3.74. The summed E-state index contributed by atoms with van der Waals surface area (Å²) in [6, 6.07) is 16.6. The monoisotopic (exact) mass is 539 g/mol. The summed E-state index contributed by atoms with van der Waals surface area (Å²) in [5.74, 6) is -0.209. The molecule has 2 fully saturated rings. The van der Waals surface area contributed by atoms with E-state index in [1.54, 1.807) is 4.90 Å². The normalized spacial score (nSPS) is 19.4. The molecule has 1 amide bonds. The van der Waals surface area contributed by atoms with Crippen molar-refractivity contribution < 1.29 is 19.4 Å². The Bertz CT molecular complexity index is 1470. The fourth-order valence-electron chi connectivity index (χ4n) is 5.24. The van der Waals surface area contributed by atoms with Crippen molar-refractivity contribution in [3.05, 3.63) is 78.9 Å². The van der Waals surface area contributed by atoms with E-state index in [1.807, 2.05) is 67.0 Å². The standard InChI is InChI=1S/C29H29N7O4/c37-27(38)23-10-11-35(25(16-23)21-4-2-1-3-5-21)29(39)36-19-32-26(33-36)22-8-6-20(7-9-22)24-17-30-28(31-18-24)34-12-14-40-15-13-34/h1-9,17-19,23,25H,10-16H2,(H,37,38). The molecule has 40 heavy (non-hydrogen) atoms. The highest BCUT2D eigenvalue weighted by molar-refractivity contribution is 5.78. The average molecular weight is 540 g/mol. The molecule has 2 aromatic carbocycles. The van der Waals surface area contributed by atoms with Crippen molar-refractivity contribution in [2.24, 2.45) is 5.92 Å². The number of amides is 1. The van der Waals surface area contributed by atoms with Crippen LogP contribution in [0.5, 0.6) is 0 Å². The van der Waals surface area contributed by atoms with Gasteiger partial charge in [-0.25, -0.2) is 19.7 Å². The van der Waals surface area contributed by atoms with Gasteiger partial charge in [0.15, 0.2) is 5.82 Å². The van der Waals surface area contributed by atoms with Crippen molar-refractivity contribution in [1.82, 2.24) is 29.6 Å². The lowest BCUT2D eigenvalue weighted by atomic mass is 9.87. The van der Waals surface area contributed by atoms with Gasteiger partial charge in [0.1, 0.15) is 6.33 Å². The molecule has 11 nitrogen and oxygen atoms in total. The number of carboxylic acids is 1. The highest BCUT2D eigenvalue weighted by Gasteiger charge is 2.36. The molecule has 0 bridgehead atoms. The van der Waals surface area contributed by atoms with Gasteiger partial charge in [-0.05, 0) is 24.0 Å². The Labute approximate surface area is 231 Å². The van der Waals surface area contributed by atoms with Gasteiger partial charge in [0.05, 0.1) is 25.2 Å². The molecule has 2 saturated heterocycles. The van der Waals surface area contributed by atoms with Crippen LogP contribution < -0.4 is 4.90 Å². The molecule has 2 aromatic heterocycles. The van der Waals surface area contributed by atoms with Crippen LogP contribution in [-0.4, -0.2) is 79.6 Å². The van der Waals surface area contributed by atoms with E-state index in [0.717, 1.165) is 35.3 Å². The lowest BCUT2D eigenvalue weighted by molar-refractivity contribution is -0.143. The molecule has 0 radical (unpaired) electrons. The van der Waals surface area contributed by atoms with Crippen LogP contribution in [-0.2, 0) is 9.53 Å². The van der Waals surface area contributed by atoms with Crippen LogP contribution >= 0.6 is 0 Å². The number of hydrogen-bond donors (Lipinski definition) is 1. The molecular weight excluding hydrogens is 510 g/mol. The van der Waals surface area contributed by atoms with E-state index >= 15 is 0 Å². The van der Waals surface area contributed by atoms with Crippen LogP contribution in [0.25, 0.3) is 22.5 Å². The van der Waals surface area contributed by atoms with Gasteiger partial charge >= 0.3 is 12.0 Å². The number of rotatable bonds is 5. The fraction of sp³-hybridized carbons (Fsp3) is 0.310. The summed E-state index contributed by atoms with van der Waals surface area (Å²) in [5.41, 5.74) is 3.53. The van der Waals surface area contributed by atoms with Crippen molar-refractivity contribution in [3.8, 4) is 22.5 Å². The molecular formula is C29H29N7O4. The molecule has 4 aromatic rings. The lowest BCUT2D eigenvalue weighted by Gasteiger charge is -2.38. The zero-order valence-electron chi connectivity index (χ0n) is 21.8. The van der Waals surface area contributed by atoms with Gasteiger partial charge in [-0.15, -0.1) is 5.10 Å². The third-order valence-corrected chi connectivity index (χ3v) is 7.48. The smallest absolute Gasteiger partial charge is 0.346 e. The molecule has 2 aliphatic rings. The zero-order chi connectivity index (χ0) is 27.5. The van der Waals surface area contributed by atoms with E-state index in [2.05, 4.69) is 25.0 Å². The largest absolute Gasteiger partial charge is 0.481 e. The Morgan fingerprint density at radius 2 is 1.55 bits per heavy atom. The van der Waals surface area contributed by atoms with Crippen LogP contribution in [0.1, 0.15) is 24.4 Å². The molecule has 0 spiro atoms. The maximum atomic E-state index is 13.5. The van der Waals surface area contributed by atoms with Crippen LogP contribution in [0.15, 0.2) is 73.3 Å². The topological polar surface area (TPSA) is 127 Å². The van der Waals surface area contributed by atoms with Crippen molar-refractivity contribution in [2.45, 2.75) is 18.9 Å². The summed E-state index contributed by atoms with van der Waals surface area (Å²) in [5, 5.41) is 14.0. The van der Waals surface area contributed by atoms with Gasteiger partial charge in [-0.2, -0.15) is 4.68 Å². The van der Waals surface area contributed by atoms with Gasteiger partial charge in [-0.3, -0.25) is 4.79 Å². The van der Waals surface area contributed by atoms with E-state index in [4.69, 9.17) is 4.74 Å². The molecule has 2 atom stereocenters. The average Bonchev–Trinajstić information content (AvgIpc) is 3.52. The summed E-state index contributed by atoms with van der Waals surface area (Å²) in [6.45, 7) is 3.25. The number of hydrogen-bond acceptors (Lipinski definition) is 8. The Balaban J connectivity index is 1.17. The third-order valence-electron chi connectivity index (χ3n) is 7.48. The fourth-order valence-corrected chi connectivity index (χ4v) is 5.24. The number of nitrogens with zero attached hydrogens (tertiary/aromatic N) is 7. The zero-order valence-corrected chi connectivity index (χ0v) is 21.8. The Kier molecular flexibility index (Phi) is 7.19. The van der Waals surface area contributed by atoms with E-state index in [-0.39, 0.29) is 12.1 Å². The molecule has 204 valence electrons. The maximum absolute atomic E-state index is 13.5. The summed E-state index contributed by atoms with van der Waals surface area (Å²) < 4.78 is 6.63. The molecule has 0 aliphatic carbocycles. The number of ether oxygens (including phenoxy) is 1. The molecule has 4 heterocycles. The van der Waals surface area contributed by atoms with Crippen LogP contribution in [0.3, 0.4) is 0 Å². The van der Waals surface area contributed by atoms with E-state index in [9.17, 15) is 14.7 Å². The van der Waals surface area contributed by atoms with Gasteiger partial charge < -0.3 is 19.6 Å². The number of piperidine rings is 1. The maximum Gasteiger partial charge on any atom is 0.346 e. The number of benzene rings is 2. The Hall–Kier alpha value is -4.64. The number of morpholine rings is 1. The summed E-state index contributed by atoms with van der Waals surface area (Å²) in [4.78, 5) is 42.4. The van der Waals surface area contributed by atoms with Gasteiger partial charge in [0, 0.05) is 43.2 Å². The lowest BCUT2D eigenvalue weighted by Crippen LogP contribution is -2.44. The van der Waals surface area contributed by atoms with Gasteiger partial charge in [0.25, 0.3) is 0 Å². The number of carbonyl (C=O) groups is 2. The second-order valence-electron chi connectivity index (χ2n) is 9.92. The second-order valence-corrected chi connectivity index (χ2v) is 9.92. The minimum Gasteiger partial charge on any atom is -0.481 e. The number of carboxylic acid groups (broad SMARTS) is 1. The number of anilines is 1. The second kappa shape index (κ2) is 11.2. The number of likely N-dealkylation sites (tertiary alicyclic amines) is 1. The molecule has 2 aliphatic heterocycles. The predicted molar refractivity (Wildman–Crippen MR) is 147 cm³/mol. The van der Waals surface area contributed by atoms with E-state index in [1.165, 1.54) is 11.0 Å². The first kappa shape index (κ1) is 25.6. The summed E-state index contributed by atoms with van der Waals surface area (Å²) in [6.07, 6.45) is 5.79. The van der Waals surface area contributed by atoms with Crippen LogP contribution in [0, 0.1) is 5.92 Å². The first-order chi connectivity index (χ1) is 19.6. The highest BCUT2D eigenvalue weighted by Crippen LogP contribution is 2.35. The Morgan fingerprint density at radius 3 is 2.25 bits per heavy atom. The minimum atomic E-state index is -0.834. The van der Waals surface area contributed by atoms with Crippen LogP contribution in [0.4, 0.5) is 10.7 Å². The number of carbonyl (C=O) groups excluding carboxylic acids is 1. The van der Waals surface area contributed by atoms with Crippen molar-refractivity contribution >= 4 is 17.9 Å². The highest BCUT2D eigenvalue weighted by atomic mass is 16.5. The van der Waals surface area contributed by atoms with Crippen molar-refractivity contribution in [1.29, 1.82) is 0 Å². The van der Waals surface area contributed by atoms with Gasteiger partial charge in [0.2, 0.25) is 5.95 Å². The minimum absolute atomic E-state index is 0.325. The molecule has 2 unspecified atom stereocenters. The van der Waals surface area contributed by atoms with E-state index in [0.29, 0.717) is 44.4 Å². The van der Waals surface area contributed by atoms with Crippen molar-refractivity contribution in [2.75, 3.05) is 37.7 Å². The SMILES string of the molecule is O=C(O)C1CCN(C(=O)n2cnc(-c3ccc(-c4cnc(N5CCOCC5)nc4)cc3)n2)C(c2ccccc2)C1. The number of aliphatic carboxylic acids is 1. The summed E-state index contributed by atoms with van der Waals surface area (Å²) >= 11 is 0. The quantitative estimate of drug-likeness (QED) is 0.403. The molecule has 6 rings (SSSR count). The molecule has 1 N–H and O–H groups in total. The Morgan fingerprint density at radius 1 is 0.850 bits per heavy atom. The molecule has 0 saturated carbocycles. The first-order valence-corrected chi connectivity index (χ1v) is 13.3. The first-order valence-electron chi connectivity index (χ1n) is 13.3. The van der Waals surface area contributed by atoms with Crippen molar-refractivity contribution in [3.63, 3.8) is 0 Å². The van der Waals surface area contributed by atoms with E-state index < -0.39 is 11.9 Å². The number of aromatic nitrogens is 5. The third kappa shape index (κ3) is 5.28.